The van der Waals surface area contributed by atoms with Crippen LogP contribution < -0.4 is 5.32 Å². The van der Waals surface area contributed by atoms with E-state index in [0.29, 0.717) is 0 Å². The zero-order valence-electron chi connectivity index (χ0n) is 10.3. The first-order valence-corrected chi connectivity index (χ1v) is 6.21. The Balaban J connectivity index is 2.56. The molecule has 1 heterocycles. The molecule has 90 valence electrons. The molecule has 1 fully saturated rings. The second-order valence-electron chi connectivity index (χ2n) is 4.29. The van der Waals surface area contributed by atoms with E-state index >= 15 is 0 Å². The van der Waals surface area contributed by atoms with Crippen molar-refractivity contribution >= 4 is 0 Å². The van der Waals surface area contributed by atoms with Crippen molar-refractivity contribution in [2.45, 2.75) is 51.7 Å². The van der Waals surface area contributed by atoms with Gasteiger partial charge in [0.15, 0.2) is 0 Å². The summed E-state index contributed by atoms with van der Waals surface area (Å²) >= 11 is 0. The van der Waals surface area contributed by atoms with Gasteiger partial charge in [0.05, 0.1) is 12.7 Å². The SMILES string of the molecule is CCCCC1(C(C)OCC)CNCCO1. The molecule has 1 N–H and O–H groups in total. The molecule has 1 rings (SSSR count). The van der Waals surface area contributed by atoms with Crippen molar-refractivity contribution in [2.75, 3.05) is 26.3 Å². The third-order valence-corrected chi connectivity index (χ3v) is 3.20. The highest BCUT2D eigenvalue weighted by atomic mass is 16.6. The molecule has 3 heteroatoms. The number of nitrogens with one attached hydrogen (secondary N) is 1. The van der Waals surface area contributed by atoms with E-state index in [2.05, 4.69) is 19.2 Å². The quantitative estimate of drug-likeness (QED) is 0.734. The van der Waals surface area contributed by atoms with Gasteiger partial charge in [0.1, 0.15) is 5.60 Å². The van der Waals surface area contributed by atoms with Crippen molar-refractivity contribution in [2.24, 2.45) is 0 Å². The molecule has 0 aromatic rings. The summed E-state index contributed by atoms with van der Waals surface area (Å²) < 4.78 is 11.7. The molecule has 1 aliphatic heterocycles. The minimum Gasteiger partial charge on any atom is -0.376 e. The monoisotopic (exact) mass is 215 g/mol. The number of ether oxygens (including phenoxy) is 2. The molecule has 0 saturated carbocycles. The molecule has 0 amide bonds. The van der Waals surface area contributed by atoms with Gasteiger partial charge in [-0.3, -0.25) is 0 Å². The van der Waals surface area contributed by atoms with Crippen molar-refractivity contribution in [1.29, 1.82) is 0 Å². The van der Waals surface area contributed by atoms with E-state index < -0.39 is 0 Å². The number of hydrogen-bond acceptors (Lipinski definition) is 3. The summed E-state index contributed by atoms with van der Waals surface area (Å²) in [4.78, 5) is 0. The molecule has 15 heavy (non-hydrogen) atoms. The lowest BCUT2D eigenvalue weighted by molar-refractivity contribution is -0.154. The van der Waals surface area contributed by atoms with Gasteiger partial charge in [0, 0.05) is 19.7 Å². The van der Waals surface area contributed by atoms with Gasteiger partial charge in [-0.25, -0.2) is 0 Å². The minimum absolute atomic E-state index is 0.0930. The largest absolute Gasteiger partial charge is 0.376 e. The van der Waals surface area contributed by atoms with E-state index in [0.717, 1.165) is 32.7 Å². The standard InChI is InChI=1S/C12H25NO2/c1-4-6-7-12(11(3)14-5-2)10-13-8-9-15-12/h11,13H,4-10H2,1-3H3. The maximum Gasteiger partial charge on any atom is 0.106 e. The van der Waals surface area contributed by atoms with Crippen molar-refractivity contribution in [3.63, 3.8) is 0 Å². The van der Waals surface area contributed by atoms with Gasteiger partial charge in [0.25, 0.3) is 0 Å². The Morgan fingerprint density at radius 3 is 2.80 bits per heavy atom. The van der Waals surface area contributed by atoms with Crippen LogP contribution in [-0.4, -0.2) is 38.0 Å². The topological polar surface area (TPSA) is 30.5 Å². The van der Waals surface area contributed by atoms with Crippen LogP contribution in [0.3, 0.4) is 0 Å². The van der Waals surface area contributed by atoms with E-state index in [1.54, 1.807) is 0 Å². The first-order chi connectivity index (χ1) is 7.25. The first kappa shape index (κ1) is 12.9. The van der Waals surface area contributed by atoms with Gasteiger partial charge in [0.2, 0.25) is 0 Å². The second-order valence-corrected chi connectivity index (χ2v) is 4.29. The molecule has 2 atom stereocenters. The zero-order valence-corrected chi connectivity index (χ0v) is 10.3. The van der Waals surface area contributed by atoms with Crippen LogP contribution in [0.25, 0.3) is 0 Å². The average Bonchev–Trinajstić information content (AvgIpc) is 2.28. The summed E-state index contributed by atoms with van der Waals surface area (Å²) in [6, 6.07) is 0. The summed E-state index contributed by atoms with van der Waals surface area (Å²) in [6.07, 6.45) is 3.70. The Hall–Kier alpha value is -0.120. The maximum absolute atomic E-state index is 5.99. The van der Waals surface area contributed by atoms with E-state index in [1.807, 2.05) is 6.92 Å². The van der Waals surface area contributed by atoms with Crippen LogP contribution in [0, 0.1) is 0 Å². The molecular weight excluding hydrogens is 190 g/mol. The molecule has 1 saturated heterocycles. The molecule has 0 aliphatic carbocycles. The van der Waals surface area contributed by atoms with E-state index in [9.17, 15) is 0 Å². The fourth-order valence-electron chi connectivity index (χ4n) is 2.18. The highest BCUT2D eigenvalue weighted by molar-refractivity contribution is 4.91. The lowest BCUT2D eigenvalue weighted by atomic mass is 9.90. The lowest BCUT2D eigenvalue weighted by Crippen LogP contribution is -2.56. The molecular formula is C12H25NO2. The van der Waals surface area contributed by atoms with Gasteiger partial charge < -0.3 is 14.8 Å². The zero-order chi connectivity index (χ0) is 11.1. The molecule has 3 nitrogen and oxygen atoms in total. The molecule has 2 unspecified atom stereocenters. The molecule has 0 bridgehead atoms. The highest BCUT2D eigenvalue weighted by Gasteiger charge is 2.38. The van der Waals surface area contributed by atoms with Crippen molar-refractivity contribution in [1.82, 2.24) is 5.32 Å². The number of unbranched alkanes of at least 4 members (excludes halogenated alkanes) is 1. The van der Waals surface area contributed by atoms with Crippen molar-refractivity contribution in [3.05, 3.63) is 0 Å². The minimum atomic E-state index is -0.0930. The fraction of sp³-hybridized carbons (Fsp3) is 1.00. The van der Waals surface area contributed by atoms with Crippen molar-refractivity contribution < 1.29 is 9.47 Å². The van der Waals surface area contributed by atoms with Crippen LogP contribution >= 0.6 is 0 Å². The predicted octanol–water partition coefficient (Wildman–Crippen LogP) is 1.96. The second kappa shape index (κ2) is 6.46. The summed E-state index contributed by atoms with van der Waals surface area (Å²) in [6.45, 7) is 9.85. The summed E-state index contributed by atoms with van der Waals surface area (Å²) in [5.41, 5.74) is -0.0930. The number of rotatable bonds is 6. The van der Waals surface area contributed by atoms with Crippen LogP contribution in [0.15, 0.2) is 0 Å². The Kier molecular flexibility index (Phi) is 5.58. The van der Waals surface area contributed by atoms with Crippen LogP contribution in [0.2, 0.25) is 0 Å². The molecule has 1 aliphatic rings. The molecule has 0 aromatic heterocycles. The molecule has 0 aromatic carbocycles. The van der Waals surface area contributed by atoms with Gasteiger partial charge in [-0.1, -0.05) is 19.8 Å². The first-order valence-electron chi connectivity index (χ1n) is 6.21. The van der Waals surface area contributed by atoms with E-state index in [-0.39, 0.29) is 11.7 Å². The predicted molar refractivity (Wildman–Crippen MR) is 62.2 cm³/mol. The Morgan fingerprint density at radius 1 is 1.47 bits per heavy atom. The summed E-state index contributed by atoms with van der Waals surface area (Å²) in [7, 11) is 0. The Morgan fingerprint density at radius 2 is 2.27 bits per heavy atom. The number of hydrogen-bond donors (Lipinski definition) is 1. The molecule has 0 radical (unpaired) electrons. The van der Waals surface area contributed by atoms with Gasteiger partial charge in [-0.2, -0.15) is 0 Å². The third-order valence-electron chi connectivity index (χ3n) is 3.20. The van der Waals surface area contributed by atoms with Crippen LogP contribution in [0.4, 0.5) is 0 Å². The van der Waals surface area contributed by atoms with Crippen LogP contribution in [0.5, 0.6) is 0 Å². The number of morpholine rings is 1. The Bertz CT molecular complexity index is 167. The Labute approximate surface area is 93.5 Å². The van der Waals surface area contributed by atoms with E-state index in [1.165, 1.54) is 12.8 Å². The lowest BCUT2D eigenvalue weighted by Gasteiger charge is -2.42. The smallest absolute Gasteiger partial charge is 0.106 e. The summed E-state index contributed by atoms with van der Waals surface area (Å²) in [5, 5.41) is 3.42. The highest BCUT2D eigenvalue weighted by Crippen LogP contribution is 2.27. The van der Waals surface area contributed by atoms with Gasteiger partial charge in [-0.05, 0) is 20.3 Å². The van der Waals surface area contributed by atoms with Gasteiger partial charge in [-0.15, -0.1) is 0 Å². The maximum atomic E-state index is 5.99. The normalized spacial score (nSPS) is 29.0. The van der Waals surface area contributed by atoms with Crippen LogP contribution in [-0.2, 0) is 9.47 Å². The third kappa shape index (κ3) is 3.44. The van der Waals surface area contributed by atoms with E-state index in [4.69, 9.17) is 9.47 Å². The summed E-state index contributed by atoms with van der Waals surface area (Å²) in [5.74, 6) is 0. The fourth-order valence-corrected chi connectivity index (χ4v) is 2.18. The van der Waals surface area contributed by atoms with Crippen LogP contribution in [0.1, 0.15) is 40.0 Å². The van der Waals surface area contributed by atoms with Gasteiger partial charge >= 0.3 is 0 Å². The van der Waals surface area contributed by atoms with Crippen molar-refractivity contribution in [3.8, 4) is 0 Å². The molecule has 0 spiro atoms. The average molecular weight is 215 g/mol.